The summed E-state index contributed by atoms with van der Waals surface area (Å²) in [5.41, 5.74) is 0. The molecule has 0 aromatic heterocycles. The topological polar surface area (TPSA) is 61.8 Å². The van der Waals surface area contributed by atoms with Gasteiger partial charge in [-0.1, -0.05) is 248 Å². The number of unbranched alkanes of at least 4 members (excludes halogenated alkanes) is 33. The fourth-order valence-corrected chi connectivity index (χ4v) is 8.60. The number of allylic oxidation sites excluding steroid dienone is 12. The van der Waals surface area contributed by atoms with Crippen molar-refractivity contribution in [1.29, 1.82) is 0 Å². The van der Waals surface area contributed by atoms with Crippen LogP contribution >= 0.6 is 0 Å². The first-order chi connectivity index (χ1) is 34.6. The van der Waals surface area contributed by atoms with Gasteiger partial charge in [-0.15, -0.1) is 0 Å². The molecule has 0 radical (unpaired) electrons. The predicted octanol–water partition coefficient (Wildman–Crippen LogP) is 21.0. The zero-order valence-electron chi connectivity index (χ0n) is 46.8. The average molecular weight is 978 g/mol. The molecule has 0 aliphatic rings. The summed E-state index contributed by atoms with van der Waals surface area (Å²) in [4.78, 5) is 25.6. The van der Waals surface area contributed by atoms with Crippen molar-refractivity contribution in [3.63, 3.8) is 0 Å². The molecule has 0 aromatic carbocycles. The molecule has 0 rings (SSSR count). The maximum Gasteiger partial charge on any atom is 0.306 e. The van der Waals surface area contributed by atoms with Crippen molar-refractivity contribution in [1.82, 2.24) is 0 Å². The zero-order valence-corrected chi connectivity index (χ0v) is 46.8. The minimum Gasteiger partial charge on any atom is -0.462 e. The van der Waals surface area contributed by atoms with Gasteiger partial charge in [0.05, 0.1) is 6.61 Å². The first kappa shape index (κ1) is 67.3. The van der Waals surface area contributed by atoms with Gasteiger partial charge in [0.2, 0.25) is 0 Å². The highest BCUT2D eigenvalue weighted by Crippen LogP contribution is 2.15. The lowest BCUT2D eigenvalue weighted by molar-refractivity contribution is -0.163. The Balaban J connectivity index is 4.29. The molecule has 406 valence electrons. The molecule has 0 aliphatic heterocycles. The zero-order chi connectivity index (χ0) is 50.6. The fraction of sp³-hybridized carbons (Fsp3) is 0.785. The van der Waals surface area contributed by atoms with Crippen molar-refractivity contribution in [2.75, 3.05) is 19.8 Å². The van der Waals surface area contributed by atoms with Crippen molar-refractivity contribution >= 4 is 11.9 Å². The lowest BCUT2D eigenvalue weighted by atomic mass is 10.1. The molecule has 5 nitrogen and oxygen atoms in total. The number of ether oxygens (including phenoxy) is 3. The van der Waals surface area contributed by atoms with E-state index in [0.29, 0.717) is 19.4 Å². The second-order valence-electron chi connectivity index (χ2n) is 20.2. The van der Waals surface area contributed by atoms with E-state index >= 15 is 0 Å². The normalized spacial score (nSPS) is 12.7. The van der Waals surface area contributed by atoms with Gasteiger partial charge in [-0.3, -0.25) is 9.59 Å². The van der Waals surface area contributed by atoms with Crippen LogP contribution in [0.4, 0.5) is 0 Å². The summed E-state index contributed by atoms with van der Waals surface area (Å²) < 4.78 is 17.5. The molecule has 0 heterocycles. The van der Waals surface area contributed by atoms with Crippen LogP contribution in [0.1, 0.15) is 303 Å². The summed E-state index contributed by atoms with van der Waals surface area (Å²) in [5.74, 6) is -0.408. The lowest BCUT2D eigenvalue weighted by Crippen LogP contribution is -2.30. The van der Waals surface area contributed by atoms with E-state index in [1.807, 2.05) is 0 Å². The Morgan fingerprint density at radius 3 is 1.00 bits per heavy atom. The van der Waals surface area contributed by atoms with Crippen LogP contribution in [0.5, 0.6) is 0 Å². The standard InChI is InChI=1S/C65H116O5/c1-4-7-10-13-16-19-22-25-28-30-32-34-36-39-42-45-48-51-54-57-60-68-61-63(70-65(67)59-56-53-50-47-44-41-37-27-24-21-18-15-12-9-6-3)62-69-64(66)58-55-52-49-46-43-40-38-35-33-31-29-26-23-20-17-14-11-8-5-2/h16-17,19-20,25-29,32,34,37,63H,4-15,18,21-24,30-31,33,35-36,38-62H2,1-3H3/b19-16-,20-17-,28-25-,29-26-,34-32-,37-27-. The lowest BCUT2D eigenvalue weighted by Gasteiger charge is -2.18. The highest BCUT2D eigenvalue weighted by atomic mass is 16.6. The van der Waals surface area contributed by atoms with Gasteiger partial charge in [0.15, 0.2) is 6.10 Å². The van der Waals surface area contributed by atoms with Crippen molar-refractivity contribution in [2.45, 2.75) is 309 Å². The molecule has 70 heavy (non-hydrogen) atoms. The highest BCUT2D eigenvalue weighted by Gasteiger charge is 2.17. The first-order valence-corrected chi connectivity index (χ1v) is 30.5. The fourth-order valence-electron chi connectivity index (χ4n) is 8.60. The largest absolute Gasteiger partial charge is 0.462 e. The third-order valence-electron chi connectivity index (χ3n) is 13.2. The summed E-state index contributed by atoms with van der Waals surface area (Å²) in [6, 6.07) is 0. The number of esters is 2. The van der Waals surface area contributed by atoms with Crippen LogP contribution in [0.15, 0.2) is 72.9 Å². The Morgan fingerprint density at radius 1 is 0.314 bits per heavy atom. The van der Waals surface area contributed by atoms with Gasteiger partial charge in [-0.2, -0.15) is 0 Å². The van der Waals surface area contributed by atoms with E-state index in [1.54, 1.807) is 0 Å². The molecular formula is C65H116O5. The smallest absolute Gasteiger partial charge is 0.306 e. The van der Waals surface area contributed by atoms with Gasteiger partial charge >= 0.3 is 11.9 Å². The minimum absolute atomic E-state index is 0.0751. The minimum atomic E-state index is -0.551. The average Bonchev–Trinajstić information content (AvgIpc) is 3.36. The summed E-state index contributed by atoms with van der Waals surface area (Å²) in [6.07, 6.45) is 79.2. The van der Waals surface area contributed by atoms with Crippen LogP contribution in [-0.4, -0.2) is 37.9 Å². The molecule has 0 bridgehead atoms. The van der Waals surface area contributed by atoms with E-state index < -0.39 is 6.10 Å². The van der Waals surface area contributed by atoms with Gasteiger partial charge in [0.1, 0.15) is 6.61 Å². The van der Waals surface area contributed by atoms with Gasteiger partial charge in [-0.05, 0) is 116 Å². The van der Waals surface area contributed by atoms with Crippen LogP contribution in [0.3, 0.4) is 0 Å². The molecular weight excluding hydrogens is 861 g/mol. The predicted molar refractivity (Wildman–Crippen MR) is 307 cm³/mol. The Morgan fingerprint density at radius 2 is 0.600 bits per heavy atom. The summed E-state index contributed by atoms with van der Waals surface area (Å²) >= 11 is 0. The van der Waals surface area contributed by atoms with Gasteiger partial charge in [0, 0.05) is 19.4 Å². The second kappa shape index (κ2) is 60.6. The molecule has 0 spiro atoms. The molecule has 0 fully saturated rings. The van der Waals surface area contributed by atoms with Crippen LogP contribution in [0.2, 0.25) is 0 Å². The van der Waals surface area contributed by atoms with E-state index in [1.165, 1.54) is 199 Å². The van der Waals surface area contributed by atoms with Crippen LogP contribution in [0, 0.1) is 0 Å². The molecule has 1 atom stereocenters. The molecule has 0 aromatic rings. The van der Waals surface area contributed by atoms with Crippen LogP contribution in [0.25, 0.3) is 0 Å². The van der Waals surface area contributed by atoms with E-state index in [2.05, 4.69) is 93.7 Å². The third kappa shape index (κ3) is 57.9. The molecule has 0 N–H and O–H groups in total. The molecule has 1 unspecified atom stereocenters. The van der Waals surface area contributed by atoms with Crippen molar-refractivity contribution < 1.29 is 23.8 Å². The Bertz CT molecular complexity index is 1240. The van der Waals surface area contributed by atoms with Crippen molar-refractivity contribution in [3.8, 4) is 0 Å². The number of hydrogen-bond acceptors (Lipinski definition) is 5. The summed E-state index contributed by atoms with van der Waals surface area (Å²) in [7, 11) is 0. The monoisotopic (exact) mass is 977 g/mol. The first-order valence-electron chi connectivity index (χ1n) is 30.5. The van der Waals surface area contributed by atoms with Crippen molar-refractivity contribution in [3.05, 3.63) is 72.9 Å². The summed E-state index contributed by atoms with van der Waals surface area (Å²) in [5, 5.41) is 0. The maximum absolute atomic E-state index is 12.9. The number of hydrogen-bond donors (Lipinski definition) is 0. The molecule has 0 saturated carbocycles. The van der Waals surface area contributed by atoms with E-state index in [-0.39, 0.29) is 25.2 Å². The van der Waals surface area contributed by atoms with Gasteiger partial charge < -0.3 is 14.2 Å². The molecule has 5 heteroatoms. The maximum atomic E-state index is 12.9. The van der Waals surface area contributed by atoms with Gasteiger partial charge in [-0.25, -0.2) is 0 Å². The third-order valence-corrected chi connectivity index (χ3v) is 13.2. The Hall–Kier alpha value is -2.66. The number of carbonyl (C=O) groups excluding carboxylic acids is 2. The second-order valence-corrected chi connectivity index (χ2v) is 20.2. The van der Waals surface area contributed by atoms with Crippen molar-refractivity contribution in [2.24, 2.45) is 0 Å². The van der Waals surface area contributed by atoms with E-state index in [4.69, 9.17) is 14.2 Å². The Labute approximate surface area is 436 Å². The molecule has 0 saturated heterocycles. The van der Waals surface area contributed by atoms with Crippen LogP contribution < -0.4 is 0 Å². The molecule has 0 amide bonds. The van der Waals surface area contributed by atoms with Gasteiger partial charge in [0.25, 0.3) is 0 Å². The quantitative estimate of drug-likeness (QED) is 0.0345. The van der Waals surface area contributed by atoms with Crippen LogP contribution in [-0.2, 0) is 23.8 Å². The Kier molecular flexibility index (Phi) is 58.3. The highest BCUT2D eigenvalue weighted by molar-refractivity contribution is 5.70. The summed E-state index contributed by atoms with van der Waals surface area (Å²) in [6.45, 7) is 7.77. The molecule has 0 aliphatic carbocycles. The number of carbonyl (C=O) groups is 2. The van der Waals surface area contributed by atoms with E-state index in [0.717, 1.165) is 70.6 Å². The number of rotatable bonds is 56. The van der Waals surface area contributed by atoms with E-state index in [9.17, 15) is 9.59 Å². The SMILES string of the molecule is CCCCC/C=C\C/C=C\C/C=C\CCCCCCCCCOCC(COC(=O)CCCCCCCCCCC/C=C\C/C=C\CCCCC)OC(=O)CCCCCCC/C=C\CCCCCCCC.